The van der Waals surface area contributed by atoms with Gasteiger partial charge in [0.05, 0.1) is 13.2 Å². The van der Waals surface area contributed by atoms with Gasteiger partial charge in [-0.15, -0.1) is 0 Å². The van der Waals surface area contributed by atoms with Crippen molar-refractivity contribution in [3.05, 3.63) is 0 Å². The van der Waals surface area contributed by atoms with Crippen LogP contribution in [-0.2, 0) is 14.2 Å². The number of aliphatic hydroxyl groups is 1. The van der Waals surface area contributed by atoms with Gasteiger partial charge in [0, 0.05) is 6.61 Å². The fraction of sp³-hybridized carbons (Fsp3) is 1.00. The Morgan fingerprint density at radius 1 is 0.846 bits per heavy atom. The molecule has 1 N–H and O–H groups in total. The van der Waals surface area contributed by atoms with Crippen LogP contribution in [0.15, 0.2) is 0 Å². The average Bonchev–Trinajstić information content (AvgIpc) is 3.19. The van der Waals surface area contributed by atoms with Crippen LogP contribution in [0.25, 0.3) is 0 Å². The van der Waals surface area contributed by atoms with Gasteiger partial charge in [-0.1, -0.05) is 84.5 Å². The van der Waals surface area contributed by atoms with E-state index >= 15 is 0 Å². The second-order valence-electron chi connectivity index (χ2n) is 8.30. The zero-order valence-corrected chi connectivity index (χ0v) is 17.2. The van der Waals surface area contributed by atoms with Crippen molar-refractivity contribution >= 4 is 0 Å². The van der Waals surface area contributed by atoms with E-state index < -0.39 is 6.10 Å². The number of aliphatic hydroxyl groups excluding tert-OH is 1. The molecule has 0 radical (unpaired) electrons. The summed E-state index contributed by atoms with van der Waals surface area (Å²) in [6, 6.07) is 0. The van der Waals surface area contributed by atoms with E-state index in [-0.39, 0.29) is 17.8 Å². The molecule has 2 heterocycles. The van der Waals surface area contributed by atoms with Crippen molar-refractivity contribution in [2.75, 3.05) is 19.8 Å². The van der Waals surface area contributed by atoms with E-state index in [9.17, 15) is 5.11 Å². The maximum absolute atomic E-state index is 10.1. The van der Waals surface area contributed by atoms with Crippen LogP contribution < -0.4 is 0 Å². The summed E-state index contributed by atoms with van der Waals surface area (Å²) in [5.41, 5.74) is -0.337. The summed E-state index contributed by atoms with van der Waals surface area (Å²) in [4.78, 5) is 0. The Balaban J connectivity index is 1.75. The molecule has 4 heteroatoms. The minimum absolute atomic E-state index is 0.0896. The third-order valence-corrected chi connectivity index (χ3v) is 6.00. The molecule has 4 nitrogen and oxygen atoms in total. The summed E-state index contributed by atoms with van der Waals surface area (Å²) in [5, 5.41) is 10.1. The molecule has 2 aliphatic heterocycles. The van der Waals surface area contributed by atoms with Gasteiger partial charge in [-0.2, -0.15) is 0 Å². The van der Waals surface area contributed by atoms with Crippen LogP contribution in [0.1, 0.15) is 97.3 Å². The van der Waals surface area contributed by atoms with Gasteiger partial charge in [0.15, 0.2) is 0 Å². The van der Waals surface area contributed by atoms with Gasteiger partial charge < -0.3 is 19.3 Å². The standard InChI is InChI=1S/C22H42O4/c1-3-5-7-9-11-13-15-22(26-16-14-12-10-8-6-4-2)18-25-20-19(23)17-24-21(20)22/h19-21,23H,3-18H2,1-2H3/t19-,20-,21+,22+/m1/s1. The highest BCUT2D eigenvalue weighted by Gasteiger charge is 2.56. The Hall–Kier alpha value is -0.160. The highest BCUT2D eigenvalue weighted by molar-refractivity contribution is 5.05. The first-order valence-corrected chi connectivity index (χ1v) is 11.3. The van der Waals surface area contributed by atoms with Crippen LogP contribution >= 0.6 is 0 Å². The number of rotatable bonds is 15. The Labute approximate surface area is 161 Å². The van der Waals surface area contributed by atoms with Gasteiger partial charge in [0.25, 0.3) is 0 Å². The van der Waals surface area contributed by atoms with Crippen LogP contribution in [0.4, 0.5) is 0 Å². The second kappa shape index (κ2) is 12.3. The molecule has 2 fully saturated rings. The lowest BCUT2D eigenvalue weighted by Gasteiger charge is -2.33. The third kappa shape index (κ3) is 6.47. The first-order chi connectivity index (χ1) is 12.7. The SMILES string of the molecule is CCCCCCCCO[C@@]1(CCCCCCCC)CO[C@@H]2[C@H](O)CO[C@@H]21. The summed E-state index contributed by atoms with van der Waals surface area (Å²) in [6.45, 7) is 6.25. The van der Waals surface area contributed by atoms with Gasteiger partial charge in [-0.3, -0.25) is 0 Å². The molecule has 0 aliphatic carbocycles. The summed E-state index contributed by atoms with van der Waals surface area (Å²) < 4.78 is 18.2. The summed E-state index contributed by atoms with van der Waals surface area (Å²) in [6.07, 6.45) is 15.5. The van der Waals surface area contributed by atoms with Crippen molar-refractivity contribution in [3.8, 4) is 0 Å². The average molecular weight is 371 g/mol. The fourth-order valence-electron chi connectivity index (χ4n) is 4.34. The molecule has 4 atom stereocenters. The number of hydrogen-bond acceptors (Lipinski definition) is 4. The predicted molar refractivity (Wildman–Crippen MR) is 106 cm³/mol. The molecular formula is C22H42O4. The minimum Gasteiger partial charge on any atom is -0.388 e. The third-order valence-electron chi connectivity index (χ3n) is 6.00. The van der Waals surface area contributed by atoms with E-state index in [2.05, 4.69) is 13.8 Å². The van der Waals surface area contributed by atoms with Gasteiger partial charge in [0.1, 0.15) is 23.9 Å². The van der Waals surface area contributed by atoms with Crippen molar-refractivity contribution < 1.29 is 19.3 Å². The molecule has 0 spiro atoms. The zero-order chi connectivity index (χ0) is 18.7. The van der Waals surface area contributed by atoms with Crippen LogP contribution in [0, 0.1) is 0 Å². The minimum atomic E-state index is -0.496. The molecule has 2 saturated heterocycles. The maximum atomic E-state index is 10.1. The number of ether oxygens (including phenoxy) is 3. The fourth-order valence-corrected chi connectivity index (χ4v) is 4.34. The smallest absolute Gasteiger partial charge is 0.120 e. The highest BCUT2D eigenvalue weighted by atomic mass is 16.6. The summed E-state index contributed by atoms with van der Waals surface area (Å²) >= 11 is 0. The van der Waals surface area contributed by atoms with Crippen molar-refractivity contribution in [1.82, 2.24) is 0 Å². The molecular weight excluding hydrogens is 328 g/mol. The summed E-state index contributed by atoms with van der Waals surface area (Å²) in [5.74, 6) is 0. The quantitative estimate of drug-likeness (QED) is 0.412. The van der Waals surface area contributed by atoms with E-state index in [4.69, 9.17) is 14.2 Å². The molecule has 0 unspecified atom stereocenters. The molecule has 2 rings (SSSR count). The van der Waals surface area contributed by atoms with Gasteiger partial charge in [-0.05, 0) is 12.8 Å². The van der Waals surface area contributed by atoms with Crippen LogP contribution in [-0.4, -0.2) is 48.8 Å². The topological polar surface area (TPSA) is 47.9 Å². The molecule has 2 aliphatic rings. The van der Waals surface area contributed by atoms with Gasteiger partial charge in [-0.25, -0.2) is 0 Å². The molecule has 0 aromatic rings. The first kappa shape index (κ1) is 22.1. The Bertz CT molecular complexity index is 362. The molecule has 0 bridgehead atoms. The van der Waals surface area contributed by atoms with Crippen molar-refractivity contribution in [2.24, 2.45) is 0 Å². The van der Waals surface area contributed by atoms with Crippen molar-refractivity contribution in [1.29, 1.82) is 0 Å². The van der Waals surface area contributed by atoms with E-state index in [0.717, 1.165) is 25.9 Å². The lowest BCUT2D eigenvalue weighted by Crippen LogP contribution is -2.46. The van der Waals surface area contributed by atoms with Crippen molar-refractivity contribution in [3.63, 3.8) is 0 Å². The second-order valence-corrected chi connectivity index (χ2v) is 8.30. The monoisotopic (exact) mass is 370 g/mol. The predicted octanol–water partition coefficient (Wildman–Crippen LogP) is 5.01. The molecule has 26 heavy (non-hydrogen) atoms. The van der Waals surface area contributed by atoms with Crippen LogP contribution in [0.3, 0.4) is 0 Å². The van der Waals surface area contributed by atoms with Crippen molar-refractivity contribution in [2.45, 2.75) is 121 Å². The number of fused-ring (bicyclic) bond motifs is 1. The Morgan fingerprint density at radius 3 is 2.15 bits per heavy atom. The van der Waals surface area contributed by atoms with E-state index in [1.165, 1.54) is 64.2 Å². The summed E-state index contributed by atoms with van der Waals surface area (Å²) in [7, 11) is 0. The Kier molecular flexibility index (Phi) is 10.5. The largest absolute Gasteiger partial charge is 0.388 e. The number of unbranched alkanes of at least 4 members (excludes halogenated alkanes) is 10. The molecule has 154 valence electrons. The molecule has 0 aromatic heterocycles. The van der Waals surface area contributed by atoms with Crippen LogP contribution in [0.5, 0.6) is 0 Å². The van der Waals surface area contributed by atoms with Gasteiger partial charge >= 0.3 is 0 Å². The lowest BCUT2D eigenvalue weighted by molar-refractivity contribution is -0.121. The Morgan fingerprint density at radius 2 is 1.46 bits per heavy atom. The normalized spacial score (nSPS) is 30.8. The maximum Gasteiger partial charge on any atom is 0.120 e. The molecule has 0 amide bonds. The van der Waals surface area contributed by atoms with E-state index in [1.54, 1.807) is 0 Å². The van der Waals surface area contributed by atoms with Crippen LogP contribution in [0.2, 0.25) is 0 Å². The van der Waals surface area contributed by atoms with E-state index in [1.807, 2.05) is 0 Å². The number of hydrogen-bond donors (Lipinski definition) is 1. The lowest BCUT2D eigenvalue weighted by atomic mass is 9.89. The first-order valence-electron chi connectivity index (χ1n) is 11.3. The van der Waals surface area contributed by atoms with Gasteiger partial charge in [0.2, 0.25) is 0 Å². The van der Waals surface area contributed by atoms with E-state index in [0.29, 0.717) is 13.2 Å². The molecule has 0 saturated carbocycles. The zero-order valence-electron chi connectivity index (χ0n) is 17.2. The highest BCUT2D eigenvalue weighted by Crippen LogP contribution is 2.40. The molecule has 0 aromatic carbocycles.